The molecular weight excluding hydrogens is 240 g/mol. The molecule has 18 heavy (non-hydrogen) atoms. The van der Waals surface area contributed by atoms with Crippen LogP contribution in [-0.4, -0.2) is 38.8 Å². The summed E-state index contributed by atoms with van der Waals surface area (Å²) in [5, 5.41) is 17.7. The summed E-state index contributed by atoms with van der Waals surface area (Å²) in [4.78, 5) is 18.2. The molecule has 0 aromatic carbocycles. The first kappa shape index (κ1) is 11.8. The van der Waals surface area contributed by atoms with Gasteiger partial charge in [0.1, 0.15) is 6.33 Å². The molecule has 9 nitrogen and oxygen atoms in total. The third-order valence-electron chi connectivity index (χ3n) is 2.23. The van der Waals surface area contributed by atoms with Crippen molar-refractivity contribution in [2.45, 2.75) is 0 Å². The number of rotatable bonds is 4. The second-order valence-electron chi connectivity index (χ2n) is 3.23. The van der Waals surface area contributed by atoms with Gasteiger partial charge >= 0.3 is 5.69 Å². The smallest absolute Gasteiger partial charge is 0.355 e. The van der Waals surface area contributed by atoms with E-state index >= 15 is 0 Å². The van der Waals surface area contributed by atoms with Crippen LogP contribution in [0, 0.1) is 10.1 Å². The average molecular weight is 250 g/mol. The SMILES string of the molecule is CNc1ncnc(-n2cc(OC)cn2)c1[N+](=O)[O-]. The fourth-order valence-corrected chi connectivity index (χ4v) is 1.42. The van der Waals surface area contributed by atoms with Gasteiger partial charge in [-0.2, -0.15) is 5.10 Å². The van der Waals surface area contributed by atoms with Gasteiger partial charge in [-0.3, -0.25) is 10.1 Å². The van der Waals surface area contributed by atoms with Gasteiger partial charge in [0.2, 0.25) is 11.6 Å². The number of aromatic nitrogens is 4. The maximum atomic E-state index is 11.1. The van der Waals surface area contributed by atoms with E-state index in [0.29, 0.717) is 5.75 Å². The zero-order valence-electron chi connectivity index (χ0n) is 9.69. The summed E-state index contributed by atoms with van der Waals surface area (Å²) in [6.45, 7) is 0. The molecule has 2 heterocycles. The van der Waals surface area contributed by atoms with Gasteiger partial charge in [0.25, 0.3) is 0 Å². The van der Waals surface area contributed by atoms with Gasteiger partial charge in [0.05, 0.1) is 24.4 Å². The van der Waals surface area contributed by atoms with Crippen LogP contribution in [-0.2, 0) is 0 Å². The summed E-state index contributed by atoms with van der Waals surface area (Å²) in [5.41, 5.74) is -0.245. The first-order chi connectivity index (χ1) is 8.67. The number of anilines is 1. The van der Waals surface area contributed by atoms with Gasteiger partial charge in [-0.1, -0.05) is 0 Å². The summed E-state index contributed by atoms with van der Waals surface area (Å²) >= 11 is 0. The Bertz CT molecular complexity index is 581. The normalized spacial score (nSPS) is 10.1. The monoisotopic (exact) mass is 250 g/mol. The predicted molar refractivity (Wildman–Crippen MR) is 61.9 cm³/mol. The predicted octanol–water partition coefficient (Wildman–Crippen LogP) is 0.621. The molecule has 0 radical (unpaired) electrons. The number of methoxy groups -OCH3 is 1. The summed E-state index contributed by atoms with van der Waals surface area (Å²) in [5.74, 6) is 0.677. The number of nitrogens with one attached hydrogen (secondary N) is 1. The van der Waals surface area contributed by atoms with Crippen molar-refractivity contribution in [2.75, 3.05) is 19.5 Å². The number of hydrogen-bond acceptors (Lipinski definition) is 7. The molecule has 0 aliphatic rings. The molecule has 0 atom stereocenters. The Morgan fingerprint density at radius 2 is 2.28 bits per heavy atom. The number of nitro groups is 1. The van der Waals surface area contributed by atoms with E-state index in [1.807, 2.05) is 0 Å². The average Bonchev–Trinajstić information content (AvgIpc) is 2.86. The van der Waals surface area contributed by atoms with Crippen LogP contribution >= 0.6 is 0 Å². The third-order valence-corrected chi connectivity index (χ3v) is 2.23. The molecule has 0 saturated heterocycles. The molecule has 9 heteroatoms. The van der Waals surface area contributed by atoms with Crippen LogP contribution in [0.1, 0.15) is 0 Å². The van der Waals surface area contributed by atoms with E-state index < -0.39 is 4.92 Å². The summed E-state index contributed by atoms with van der Waals surface area (Å²) < 4.78 is 6.22. The van der Waals surface area contributed by atoms with Gasteiger partial charge < -0.3 is 10.1 Å². The molecule has 0 aliphatic carbocycles. The van der Waals surface area contributed by atoms with E-state index in [2.05, 4.69) is 20.4 Å². The Morgan fingerprint density at radius 1 is 1.50 bits per heavy atom. The van der Waals surface area contributed by atoms with Gasteiger partial charge in [-0.25, -0.2) is 14.6 Å². The van der Waals surface area contributed by atoms with Gasteiger partial charge in [0.15, 0.2) is 5.75 Å². The van der Waals surface area contributed by atoms with Crippen molar-refractivity contribution < 1.29 is 9.66 Å². The van der Waals surface area contributed by atoms with E-state index in [1.54, 1.807) is 7.05 Å². The molecule has 0 unspecified atom stereocenters. The molecule has 0 amide bonds. The lowest BCUT2D eigenvalue weighted by Gasteiger charge is -2.04. The Kier molecular flexibility index (Phi) is 3.04. The van der Waals surface area contributed by atoms with Crippen LogP contribution in [0.5, 0.6) is 5.75 Å². The highest BCUT2D eigenvalue weighted by Gasteiger charge is 2.24. The van der Waals surface area contributed by atoms with Crippen molar-refractivity contribution >= 4 is 11.5 Å². The minimum absolute atomic E-state index is 0.0719. The van der Waals surface area contributed by atoms with Crippen molar-refractivity contribution in [2.24, 2.45) is 0 Å². The summed E-state index contributed by atoms with van der Waals surface area (Å²) in [6.07, 6.45) is 4.15. The summed E-state index contributed by atoms with van der Waals surface area (Å²) in [7, 11) is 3.03. The fourth-order valence-electron chi connectivity index (χ4n) is 1.42. The standard InChI is InChI=1S/C9H10N6O3/c1-10-8-7(15(16)17)9(12-5-11-8)14-4-6(18-2)3-13-14/h3-5H,1-2H3,(H,10,11,12). The Balaban J connectivity index is 2.59. The highest BCUT2D eigenvalue weighted by Crippen LogP contribution is 2.27. The van der Waals surface area contributed by atoms with Crippen molar-refractivity contribution in [3.63, 3.8) is 0 Å². The molecule has 0 aliphatic heterocycles. The first-order valence-electron chi connectivity index (χ1n) is 4.93. The molecule has 0 bridgehead atoms. The number of hydrogen-bond donors (Lipinski definition) is 1. The van der Waals surface area contributed by atoms with Crippen molar-refractivity contribution in [3.05, 3.63) is 28.8 Å². The lowest BCUT2D eigenvalue weighted by Crippen LogP contribution is -2.07. The zero-order chi connectivity index (χ0) is 13.1. The van der Waals surface area contributed by atoms with E-state index in [4.69, 9.17) is 4.74 Å². The second kappa shape index (κ2) is 4.65. The lowest BCUT2D eigenvalue weighted by molar-refractivity contribution is -0.384. The third kappa shape index (κ3) is 1.93. The van der Waals surface area contributed by atoms with Gasteiger partial charge in [-0.15, -0.1) is 0 Å². The van der Waals surface area contributed by atoms with Crippen LogP contribution in [0.25, 0.3) is 5.82 Å². The van der Waals surface area contributed by atoms with Gasteiger partial charge in [0, 0.05) is 7.05 Å². The molecule has 1 N–H and O–H groups in total. The van der Waals surface area contributed by atoms with Crippen LogP contribution in [0.4, 0.5) is 11.5 Å². The quantitative estimate of drug-likeness (QED) is 0.625. The zero-order valence-corrected chi connectivity index (χ0v) is 9.69. The molecular formula is C9H10N6O3. The van der Waals surface area contributed by atoms with E-state index in [0.717, 1.165) is 0 Å². The first-order valence-corrected chi connectivity index (χ1v) is 4.93. The topological polar surface area (TPSA) is 108 Å². The molecule has 2 aromatic rings. The molecule has 0 saturated carbocycles. The fraction of sp³-hybridized carbons (Fsp3) is 0.222. The van der Waals surface area contributed by atoms with Crippen LogP contribution < -0.4 is 10.1 Å². The van der Waals surface area contributed by atoms with Crippen LogP contribution in [0.15, 0.2) is 18.7 Å². The van der Waals surface area contributed by atoms with Crippen molar-refractivity contribution in [1.82, 2.24) is 19.7 Å². The maximum absolute atomic E-state index is 11.1. The number of nitrogens with zero attached hydrogens (tertiary/aromatic N) is 5. The van der Waals surface area contributed by atoms with E-state index in [1.165, 1.54) is 30.5 Å². The Labute approximate surface area is 102 Å². The number of ether oxygens (including phenoxy) is 1. The molecule has 0 spiro atoms. The maximum Gasteiger partial charge on any atom is 0.355 e. The van der Waals surface area contributed by atoms with Crippen molar-refractivity contribution in [3.8, 4) is 11.6 Å². The van der Waals surface area contributed by atoms with Gasteiger partial charge in [-0.05, 0) is 0 Å². The highest BCUT2D eigenvalue weighted by atomic mass is 16.6. The Hall–Kier alpha value is -2.71. The minimum atomic E-state index is -0.560. The van der Waals surface area contributed by atoms with Crippen LogP contribution in [0.2, 0.25) is 0 Å². The second-order valence-corrected chi connectivity index (χ2v) is 3.23. The van der Waals surface area contributed by atoms with Crippen molar-refractivity contribution in [1.29, 1.82) is 0 Å². The van der Waals surface area contributed by atoms with E-state index in [9.17, 15) is 10.1 Å². The Morgan fingerprint density at radius 3 is 2.83 bits per heavy atom. The van der Waals surface area contributed by atoms with Crippen LogP contribution in [0.3, 0.4) is 0 Å². The highest BCUT2D eigenvalue weighted by molar-refractivity contribution is 5.63. The summed E-state index contributed by atoms with van der Waals surface area (Å²) in [6, 6.07) is 0. The van der Waals surface area contributed by atoms with E-state index in [-0.39, 0.29) is 17.3 Å². The molecule has 2 rings (SSSR count). The molecule has 2 aromatic heterocycles. The molecule has 0 fully saturated rings. The lowest BCUT2D eigenvalue weighted by atomic mass is 10.4. The largest absolute Gasteiger partial charge is 0.493 e. The molecule has 94 valence electrons. The minimum Gasteiger partial charge on any atom is -0.493 e.